The van der Waals surface area contributed by atoms with E-state index in [9.17, 15) is 37.8 Å². The van der Waals surface area contributed by atoms with E-state index in [0.29, 0.717) is 31.2 Å². The number of nitrogens with zero attached hydrogens (tertiary/aromatic N) is 3. The van der Waals surface area contributed by atoms with E-state index in [1.165, 1.54) is 56.6 Å². The number of carbonyl (C=O) groups is 4. The number of amides is 2. The summed E-state index contributed by atoms with van der Waals surface area (Å²) < 4.78 is 25.2. The molecular formula is C25H25Cl2N4O8S4+. The van der Waals surface area contributed by atoms with Gasteiger partial charge in [-0.05, 0) is 35.7 Å². The van der Waals surface area contributed by atoms with Crippen LogP contribution in [-0.4, -0.2) is 80.3 Å². The standard InChI is InChI=1S/C25H24Cl2N4O8S4/c1-13(32)31(42-19-10-15(26)2-3-17(19)27)21-22(33)30-20(25(36)37)14(12-41-23(21)30)11-40-16-4-7-29(8-5-16)18(24(34)35)6-9-43(28,38)39/h2-5,7-8,10,18,21,23H,6,9,11-12H2,1H3,(H3-,28,34,35,36,37,38,39)/p+1/t18-,21-,23+/m0/s1. The number of carboxylic acid groups (broad SMARTS) is 2. The predicted molar refractivity (Wildman–Crippen MR) is 163 cm³/mol. The fourth-order valence-corrected chi connectivity index (χ4v) is 8.90. The third kappa shape index (κ3) is 7.79. The Balaban J connectivity index is 1.48. The number of aromatic nitrogens is 1. The Morgan fingerprint density at radius 2 is 1.88 bits per heavy atom. The van der Waals surface area contributed by atoms with Crippen LogP contribution in [0, 0.1) is 0 Å². The van der Waals surface area contributed by atoms with Crippen molar-refractivity contribution in [2.45, 2.75) is 40.6 Å². The van der Waals surface area contributed by atoms with Crippen molar-refractivity contribution in [1.82, 2.24) is 9.21 Å². The lowest BCUT2D eigenvalue weighted by Gasteiger charge is -2.52. The summed E-state index contributed by atoms with van der Waals surface area (Å²) >= 11 is 16.0. The van der Waals surface area contributed by atoms with Gasteiger partial charge in [0.25, 0.3) is 11.9 Å². The number of aliphatic carboxylic acids is 2. The van der Waals surface area contributed by atoms with Crippen LogP contribution in [0.2, 0.25) is 10.0 Å². The quantitative estimate of drug-likeness (QED) is 0.128. The topological polar surface area (TPSA) is 179 Å². The van der Waals surface area contributed by atoms with Crippen LogP contribution in [0.1, 0.15) is 19.4 Å². The first kappa shape index (κ1) is 33.4. The molecule has 0 saturated carbocycles. The number of nitrogens with two attached hydrogens (primary N) is 1. The molecule has 0 spiro atoms. The Kier molecular flexibility index (Phi) is 10.6. The number of sulfonamides is 1. The maximum atomic E-state index is 13.3. The molecule has 1 aromatic heterocycles. The number of fused-ring (bicyclic) bond motifs is 1. The molecule has 4 rings (SSSR count). The molecule has 4 N–H and O–H groups in total. The molecule has 18 heteroatoms. The minimum Gasteiger partial charge on any atom is -0.477 e. The molecule has 0 radical (unpaired) electrons. The molecule has 12 nitrogen and oxygen atoms in total. The summed E-state index contributed by atoms with van der Waals surface area (Å²) in [6.45, 7) is 1.31. The van der Waals surface area contributed by atoms with Gasteiger partial charge in [0.15, 0.2) is 18.4 Å². The van der Waals surface area contributed by atoms with Crippen molar-refractivity contribution in [2.24, 2.45) is 5.14 Å². The minimum absolute atomic E-state index is 0.133. The maximum Gasteiger partial charge on any atom is 0.373 e. The number of carbonyl (C=O) groups excluding carboxylic acids is 2. The molecule has 43 heavy (non-hydrogen) atoms. The fourth-order valence-electron chi connectivity index (χ4n) is 4.40. The summed E-state index contributed by atoms with van der Waals surface area (Å²) in [6, 6.07) is 5.96. The van der Waals surface area contributed by atoms with Gasteiger partial charge in [-0.1, -0.05) is 23.2 Å². The van der Waals surface area contributed by atoms with Crippen molar-refractivity contribution in [3.8, 4) is 0 Å². The Morgan fingerprint density at radius 3 is 2.47 bits per heavy atom. The van der Waals surface area contributed by atoms with Gasteiger partial charge in [0.2, 0.25) is 15.9 Å². The zero-order chi connectivity index (χ0) is 31.6. The van der Waals surface area contributed by atoms with E-state index in [0.717, 1.165) is 11.9 Å². The lowest BCUT2D eigenvalue weighted by atomic mass is 10.0. The highest BCUT2D eigenvalue weighted by atomic mass is 35.5. The molecule has 1 fully saturated rings. The third-order valence-corrected chi connectivity index (χ3v) is 11.6. The second-order valence-corrected chi connectivity index (χ2v) is 15.1. The van der Waals surface area contributed by atoms with Gasteiger partial charge >= 0.3 is 11.9 Å². The largest absolute Gasteiger partial charge is 0.477 e. The molecule has 0 aliphatic carbocycles. The fraction of sp³-hybridized carbons (Fsp3) is 0.320. The molecule has 0 unspecified atom stereocenters. The van der Waals surface area contributed by atoms with Gasteiger partial charge < -0.3 is 10.2 Å². The zero-order valence-corrected chi connectivity index (χ0v) is 27.0. The highest BCUT2D eigenvalue weighted by Gasteiger charge is 2.57. The van der Waals surface area contributed by atoms with Gasteiger partial charge in [0.1, 0.15) is 11.1 Å². The van der Waals surface area contributed by atoms with Crippen LogP contribution in [0.5, 0.6) is 0 Å². The number of benzene rings is 1. The van der Waals surface area contributed by atoms with Gasteiger partial charge in [-0.25, -0.2) is 23.1 Å². The second-order valence-electron chi connectivity index (χ2n) is 9.40. The second kappa shape index (κ2) is 13.7. The number of rotatable bonds is 12. The van der Waals surface area contributed by atoms with E-state index in [-0.39, 0.29) is 17.9 Å². The van der Waals surface area contributed by atoms with Crippen LogP contribution in [-0.2, 0) is 29.2 Å². The first-order valence-electron chi connectivity index (χ1n) is 12.4. The number of thioether (sulfide) groups is 2. The van der Waals surface area contributed by atoms with Gasteiger partial charge in [-0.3, -0.25) is 18.8 Å². The Labute approximate surface area is 269 Å². The number of primary sulfonamides is 1. The molecule has 1 aromatic carbocycles. The van der Waals surface area contributed by atoms with E-state index in [4.69, 9.17) is 28.3 Å². The normalized spacial score (nSPS) is 19.0. The molecule has 3 heterocycles. The number of halogens is 2. The molecule has 2 aliphatic heterocycles. The van der Waals surface area contributed by atoms with Crippen LogP contribution < -0.4 is 9.71 Å². The summed E-state index contributed by atoms with van der Waals surface area (Å²) in [4.78, 5) is 52.3. The summed E-state index contributed by atoms with van der Waals surface area (Å²) in [5.74, 6) is -3.37. The Bertz CT molecular complexity index is 1610. The molecule has 230 valence electrons. The first-order chi connectivity index (χ1) is 20.2. The predicted octanol–water partition coefficient (Wildman–Crippen LogP) is 2.86. The lowest BCUT2D eigenvalue weighted by Crippen LogP contribution is -2.70. The van der Waals surface area contributed by atoms with Gasteiger partial charge in [0.05, 0.1) is 10.8 Å². The summed E-state index contributed by atoms with van der Waals surface area (Å²) in [5.41, 5.74) is 0.380. The SMILES string of the molecule is CC(=O)N(Sc1cc(Cl)ccc1Cl)[C@H]1C(=O)N2C(C(=O)O)=C(CSc3cc[n+]([C@@H](CCS(N)(=O)=O)C(=O)O)cc3)CS[C@H]12. The minimum atomic E-state index is -3.83. The van der Waals surface area contributed by atoms with E-state index in [2.05, 4.69) is 0 Å². The number of hydrogen-bond acceptors (Lipinski definition) is 9. The van der Waals surface area contributed by atoms with Crippen LogP contribution in [0.3, 0.4) is 0 Å². The first-order valence-corrected chi connectivity index (χ1v) is 17.7. The van der Waals surface area contributed by atoms with Gasteiger partial charge in [0, 0.05) is 51.8 Å². The Morgan fingerprint density at radius 1 is 1.21 bits per heavy atom. The van der Waals surface area contributed by atoms with Crippen molar-refractivity contribution < 1.29 is 42.4 Å². The summed E-state index contributed by atoms with van der Waals surface area (Å²) in [6.07, 6.45) is 2.77. The van der Waals surface area contributed by atoms with Gasteiger partial charge in [-0.15, -0.1) is 23.5 Å². The molecule has 1 saturated heterocycles. The number of carboxylic acids is 2. The van der Waals surface area contributed by atoms with Crippen molar-refractivity contribution in [3.63, 3.8) is 0 Å². The molecule has 3 atom stereocenters. The number of β-lactam (4-membered cyclic amide) rings is 1. The van der Waals surface area contributed by atoms with Crippen LogP contribution in [0.25, 0.3) is 0 Å². The van der Waals surface area contributed by atoms with Gasteiger partial charge in [-0.2, -0.15) is 4.57 Å². The lowest BCUT2D eigenvalue weighted by molar-refractivity contribution is -0.711. The smallest absolute Gasteiger partial charge is 0.373 e. The molecule has 2 aliphatic rings. The number of hydrogen-bond donors (Lipinski definition) is 3. The van der Waals surface area contributed by atoms with E-state index in [1.807, 2.05) is 0 Å². The van der Waals surface area contributed by atoms with Crippen molar-refractivity contribution in [1.29, 1.82) is 0 Å². The summed E-state index contributed by atoms with van der Waals surface area (Å²) in [5, 5.41) is 24.7. The maximum absolute atomic E-state index is 13.3. The van der Waals surface area contributed by atoms with E-state index >= 15 is 0 Å². The third-order valence-electron chi connectivity index (χ3n) is 6.43. The van der Waals surface area contributed by atoms with Crippen LogP contribution in [0.15, 0.2) is 63.8 Å². The molecular weight excluding hydrogens is 683 g/mol. The number of pyridine rings is 1. The molecule has 0 bridgehead atoms. The van der Waals surface area contributed by atoms with Crippen molar-refractivity contribution >= 4 is 92.4 Å². The van der Waals surface area contributed by atoms with Crippen LogP contribution >= 0.6 is 58.7 Å². The van der Waals surface area contributed by atoms with E-state index < -0.39 is 57.0 Å². The molecule has 2 amide bonds. The highest BCUT2D eigenvalue weighted by molar-refractivity contribution is 8.01. The average Bonchev–Trinajstić information content (AvgIpc) is 2.92. The van der Waals surface area contributed by atoms with E-state index in [1.54, 1.807) is 30.3 Å². The van der Waals surface area contributed by atoms with Crippen LogP contribution in [0.4, 0.5) is 0 Å². The Hall–Kier alpha value is -2.47. The van der Waals surface area contributed by atoms with Crippen molar-refractivity contribution in [3.05, 3.63) is 64.0 Å². The molecule has 2 aromatic rings. The van der Waals surface area contributed by atoms with Crippen molar-refractivity contribution in [2.75, 3.05) is 17.3 Å². The highest BCUT2D eigenvalue weighted by Crippen LogP contribution is 2.46. The average molecular weight is 709 g/mol. The zero-order valence-electron chi connectivity index (χ0n) is 22.3. The monoisotopic (exact) mass is 707 g/mol. The summed E-state index contributed by atoms with van der Waals surface area (Å²) in [7, 11) is -3.83.